The number of halogens is 2. The molecule has 53 heavy (non-hydrogen) atoms. The molecule has 0 radical (unpaired) electrons. The van der Waals surface area contributed by atoms with Crippen LogP contribution < -0.4 is 0 Å². The van der Waals surface area contributed by atoms with Crippen LogP contribution in [0.5, 0.6) is 0 Å². The van der Waals surface area contributed by atoms with Gasteiger partial charge in [-0.25, -0.2) is 8.42 Å². The lowest BCUT2D eigenvalue weighted by Gasteiger charge is -2.20. The summed E-state index contributed by atoms with van der Waals surface area (Å²) in [6.45, 7) is 6.66. The molecule has 0 saturated carbocycles. The molecule has 274 valence electrons. The van der Waals surface area contributed by atoms with Crippen molar-refractivity contribution in [3.63, 3.8) is 0 Å². The van der Waals surface area contributed by atoms with Crippen LogP contribution in [0.4, 0.5) is 0 Å². The Morgan fingerprint density at radius 3 is 1.83 bits per heavy atom. The fourth-order valence-electron chi connectivity index (χ4n) is 8.03. The van der Waals surface area contributed by atoms with E-state index in [1.165, 1.54) is 54.1 Å². The van der Waals surface area contributed by atoms with Gasteiger partial charge in [-0.3, -0.25) is 9.69 Å². The van der Waals surface area contributed by atoms with Gasteiger partial charge >= 0.3 is 6.15 Å². The Balaban J connectivity index is 0.000000193. The first-order valence-corrected chi connectivity index (χ1v) is 20.3. The Kier molecular flexibility index (Phi) is 11.4. The minimum Gasteiger partial charge on any atom is -0.314 e. The highest BCUT2D eigenvalue weighted by atomic mass is 35.5. The number of rotatable bonds is 7. The average Bonchev–Trinajstić information content (AvgIpc) is 3.84. The van der Waals surface area contributed by atoms with Gasteiger partial charge in [0.15, 0.2) is 15.6 Å². The number of aryl methyl sites for hydroxylation is 2. The monoisotopic (exact) mass is 769 g/mol. The molecule has 4 heterocycles. The van der Waals surface area contributed by atoms with Crippen LogP contribution in [0.3, 0.4) is 0 Å². The van der Waals surface area contributed by atoms with E-state index >= 15 is 0 Å². The molecule has 0 amide bonds. The first kappa shape index (κ1) is 38.2. The highest BCUT2D eigenvalue weighted by molar-refractivity contribution is 7.89. The largest absolute Gasteiger partial charge is 0.373 e. The number of ketones is 1. The summed E-state index contributed by atoms with van der Waals surface area (Å²) >= 11 is 12.1. The third-order valence-electron chi connectivity index (χ3n) is 10.2. The summed E-state index contributed by atoms with van der Waals surface area (Å²) in [5, 5.41) is 3.55. The zero-order valence-electron chi connectivity index (χ0n) is 30.1. The highest BCUT2D eigenvalue weighted by Crippen LogP contribution is 2.38. The molecule has 2 aliphatic rings. The Morgan fingerprint density at radius 2 is 1.28 bits per heavy atom. The topological polar surface area (TPSA) is 98.4 Å². The summed E-state index contributed by atoms with van der Waals surface area (Å²) in [4.78, 5) is 32.2. The summed E-state index contributed by atoms with van der Waals surface area (Å²) in [5.41, 5.74) is 8.96. The second-order valence-electron chi connectivity index (χ2n) is 14.0. The number of carbonyl (C=O) groups is 1. The Morgan fingerprint density at radius 1 is 0.736 bits per heavy atom. The zero-order chi connectivity index (χ0) is 38.0. The zero-order valence-corrected chi connectivity index (χ0v) is 32.4. The lowest BCUT2D eigenvalue weighted by molar-refractivity contribution is -0.191. The molecule has 2 fully saturated rings. The van der Waals surface area contributed by atoms with E-state index in [-0.39, 0.29) is 17.7 Å². The summed E-state index contributed by atoms with van der Waals surface area (Å²) in [6.07, 6.45) is 6.26. The van der Waals surface area contributed by atoms with E-state index in [4.69, 9.17) is 32.8 Å². The fourth-order valence-corrected chi connectivity index (χ4v) is 9.07. The van der Waals surface area contributed by atoms with Crippen molar-refractivity contribution in [2.24, 2.45) is 0 Å². The van der Waals surface area contributed by atoms with Crippen LogP contribution >= 0.6 is 23.2 Å². The normalized spacial score (nSPS) is 16.6. The highest BCUT2D eigenvalue weighted by Gasteiger charge is 2.40. The van der Waals surface area contributed by atoms with Crippen molar-refractivity contribution in [1.29, 1.82) is 0 Å². The SMILES string of the molecule is Cc1c(C(=O)CN2C3CCC2CC3)c2ccc(CS(C)(=O)=O)cc2n1-c1ccc(Cl)cc1.Cc1ccc2cc(C)n(-c3ccc(Cl)cc3)c2c1.O=C=O. The van der Waals surface area contributed by atoms with Crippen molar-refractivity contribution in [1.82, 2.24) is 14.0 Å². The van der Waals surface area contributed by atoms with Crippen molar-refractivity contribution >= 4 is 66.8 Å². The first-order chi connectivity index (χ1) is 25.3. The summed E-state index contributed by atoms with van der Waals surface area (Å²) in [5.74, 6) is 0.101. The van der Waals surface area contributed by atoms with E-state index in [9.17, 15) is 13.2 Å². The van der Waals surface area contributed by atoms with E-state index < -0.39 is 9.84 Å². The maximum absolute atomic E-state index is 13.6. The van der Waals surface area contributed by atoms with Gasteiger partial charge in [0.25, 0.3) is 0 Å². The number of Topliss-reactive ketones (excluding diaryl/α,β-unsaturated/α-hetero) is 1. The number of sulfone groups is 1. The molecule has 4 aromatic carbocycles. The number of carbonyl (C=O) groups excluding carboxylic acids is 3. The quantitative estimate of drug-likeness (QED) is 0.150. The van der Waals surface area contributed by atoms with Gasteiger partial charge in [-0.2, -0.15) is 9.59 Å². The first-order valence-electron chi connectivity index (χ1n) is 17.5. The molecule has 2 saturated heterocycles. The standard InChI is InChI=1S/C25H27ClN2O3S.C16H14ClN.CO2/c1-16-25(24(29)14-27-19-8-9-20(27)11-10-19)22-12-3-17(15-32(2,30)31)13-23(22)28(16)21-6-4-18(26)5-7-21;1-11-3-4-13-10-12(2)18(16(13)9-11)15-7-5-14(17)6-8-15;2-1-3/h3-7,12-13,19-20H,8-11,14-15H2,1-2H3;3-10H,1-2H3;. The van der Waals surface area contributed by atoms with E-state index in [1.54, 1.807) is 0 Å². The van der Waals surface area contributed by atoms with E-state index in [1.807, 2.05) is 66.1 Å². The average molecular weight is 771 g/mol. The van der Waals surface area contributed by atoms with Crippen LogP contribution in [0.2, 0.25) is 10.0 Å². The smallest absolute Gasteiger partial charge is 0.314 e. The second-order valence-corrected chi connectivity index (χ2v) is 17.0. The minimum atomic E-state index is -3.17. The molecule has 0 N–H and O–H groups in total. The third kappa shape index (κ3) is 8.35. The summed E-state index contributed by atoms with van der Waals surface area (Å²) in [7, 11) is -3.17. The Bertz CT molecular complexity index is 2430. The number of benzene rings is 4. The summed E-state index contributed by atoms with van der Waals surface area (Å²) < 4.78 is 28.1. The number of fused-ring (bicyclic) bond motifs is 4. The van der Waals surface area contributed by atoms with Gasteiger partial charge in [0.05, 0.1) is 23.3 Å². The van der Waals surface area contributed by atoms with Gasteiger partial charge < -0.3 is 9.13 Å². The third-order valence-corrected chi connectivity index (χ3v) is 11.6. The van der Waals surface area contributed by atoms with Crippen molar-refractivity contribution in [2.45, 2.75) is 64.3 Å². The van der Waals surface area contributed by atoms with Crippen LogP contribution in [-0.2, 0) is 25.2 Å². The fraction of sp³-hybridized carbons (Fsp3) is 0.286. The van der Waals surface area contributed by atoms with Gasteiger partial charge in [-0.05, 0) is 124 Å². The van der Waals surface area contributed by atoms with E-state index in [2.05, 4.69) is 59.7 Å². The molecule has 0 spiro atoms. The number of hydrogen-bond donors (Lipinski definition) is 0. The van der Waals surface area contributed by atoms with Crippen LogP contribution in [0, 0.1) is 20.8 Å². The molecule has 8 rings (SSSR count). The lowest BCUT2D eigenvalue weighted by Crippen LogP contribution is -2.34. The van der Waals surface area contributed by atoms with Crippen LogP contribution in [0.25, 0.3) is 33.2 Å². The van der Waals surface area contributed by atoms with E-state index in [0.717, 1.165) is 38.6 Å². The maximum Gasteiger partial charge on any atom is 0.373 e. The van der Waals surface area contributed by atoms with Gasteiger partial charge in [0, 0.05) is 67.5 Å². The molecule has 0 unspecified atom stereocenters. The van der Waals surface area contributed by atoms with Gasteiger partial charge in [0.2, 0.25) is 0 Å². The molecule has 2 bridgehead atoms. The lowest BCUT2D eigenvalue weighted by atomic mass is 10.0. The molecular weight excluding hydrogens is 729 g/mol. The summed E-state index contributed by atoms with van der Waals surface area (Å²) in [6, 6.07) is 30.9. The Hall–Kier alpha value is -4.50. The number of nitrogens with zero attached hydrogens (tertiary/aromatic N) is 3. The maximum atomic E-state index is 13.6. The number of hydrogen-bond acceptors (Lipinski definition) is 6. The Labute approximate surface area is 319 Å². The van der Waals surface area contributed by atoms with Crippen molar-refractivity contribution < 1.29 is 22.8 Å². The van der Waals surface area contributed by atoms with E-state index in [0.29, 0.717) is 29.2 Å². The molecular formula is C42H41Cl2N3O5S. The molecule has 11 heteroatoms. The van der Waals surface area contributed by atoms with Crippen molar-refractivity contribution in [3.8, 4) is 11.4 Å². The van der Waals surface area contributed by atoms with Crippen molar-refractivity contribution in [2.75, 3.05) is 12.8 Å². The predicted molar refractivity (Wildman–Crippen MR) is 211 cm³/mol. The molecule has 8 nitrogen and oxygen atoms in total. The number of aromatic nitrogens is 2. The van der Waals surface area contributed by atoms with Crippen LogP contribution in [-0.4, -0.2) is 59.3 Å². The van der Waals surface area contributed by atoms with Gasteiger partial charge in [0.1, 0.15) is 0 Å². The minimum absolute atomic E-state index is 0.0335. The van der Waals surface area contributed by atoms with Crippen molar-refractivity contribution in [3.05, 3.63) is 129 Å². The van der Waals surface area contributed by atoms with Crippen LogP contribution in [0.15, 0.2) is 91.0 Å². The van der Waals surface area contributed by atoms with Gasteiger partial charge in [-0.1, -0.05) is 47.5 Å². The second kappa shape index (κ2) is 15.8. The van der Waals surface area contributed by atoms with Gasteiger partial charge in [-0.15, -0.1) is 0 Å². The molecule has 0 aliphatic carbocycles. The molecule has 2 aromatic heterocycles. The molecule has 0 atom stereocenters. The van der Waals surface area contributed by atoms with Crippen LogP contribution in [0.1, 0.15) is 58.6 Å². The molecule has 2 aliphatic heterocycles. The molecule has 6 aromatic rings. The predicted octanol–water partition coefficient (Wildman–Crippen LogP) is 9.26.